The maximum atomic E-state index is 12.1. The van der Waals surface area contributed by atoms with Gasteiger partial charge in [0, 0.05) is 38.1 Å². The number of rotatable bonds is 6. The Bertz CT molecular complexity index is 682. The molecule has 0 atom stereocenters. The van der Waals surface area contributed by atoms with Gasteiger partial charge in [-0.05, 0) is 18.2 Å². The zero-order valence-corrected chi connectivity index (χ0v) is 11.8. The van der Waals surface area contributed by atoms with Crippen LogP contribution in [-0.2, 0) is 23.5 Å². The summed E-state index contributed by atoms with van der Waals surface area (Å²) in [6.07, 6.45) is 3.60. The van der Waals surface area contributed by atoms with Gasteiger partial charge in [0.2, 0.25) is 0 Å². The number of nitrogens with zero attached hydrogens (tertiary/aromatic N) is 3. The Balaban J connectivity index is 2.06. The molecule has 0 bridgehead atoms. The van der Waals surface area contributed by atoms with Crippen molar-refractivity contribution in [2.75, 3.05) is 12.0 Å². The van der Waals surface area contributed by atoms with E-state index in [1.54, 1.807) is 30.1 Å². The van der Waals surface area contributed by atoms with Crippen LogP contribution in [0.4, 0.5) is 5.69 Å². The number of nitrogen functional groups attached to an aromatic ring is 1. The number of hydrogen-bond donors (Lipinski definition) is 3. The second kappa shape index (κ2) is 5.99. The predicted molar refractivity (Wildman–Crippen MR) is 74.1 cm³/mol. The molecule has 2 heterocycles. The first-order valence-corrected chi connectivity index (χ1v) is 7.41. The van der Waals surface area contributed by atoms with Crippen LogP contribution < -0.4 is 16.0 Å². The SMILES string of the molecule is Cn1nccc1CCNS(=O)(=O)c1ncccc1NN. The summed E-state index contributed by atoms with van der Waals surface area (Å²) in [7, 11) is -1.90. The maximum absolute atomic E-state index is 12.1. The molecule has 4 N–H and O–H groups in total. The molecule has 20 heavy (non-hydrogen) atoms. The number of nitrogens with two attached hydrogens (primary N) is 1. The molecule has 2 aromatic heterocycles. The van der Waals surface area contributed by atoms with Crippen molar-refractivity contribution in [3.8, 4) is 0 Å². The number of aryl methyl sites for hydroxylation is 1. The van der Waals surface area contributed by atoms with E-state index in [2.05, 4.69) is 20.2 Å². The van der Waals surface area contributed by atoms with Gasteiger partial charge in [-0.25, -0.2) is 18.1 Å². The number of aromatic nitrogens is 3. The van der Waals surface area contributed by atoms with Crippen LogP contribution in [-0.4, -0.2) is 29.7 Å². The Morgan fingerprint density at radius 2 is 2.15 bits per heavy atom. The minimum Gasteiger partial charge on any atom is -0.321 e. The third-order valence-corrected chi connectivity index (χ3v) is 4.20. The molecule has 0 amide bonds. The van der Waals surface area contributed by atoms with E-state index in [9.17, 15) is 8.42 Å². The standard InChI is InChI=1S/C11H16N6O2S/c1-17-9(4-7-14-17)5-8-15-20(18,19)11-10(16-12)3-2-6-13-11/h2-4,6-7,15-16H,5,8,12H2,1H3. The van der Waals surface area contributed by atoms with Crippen molar-refractivity contribution < 1.29 is 8.42 Å². The lowest BCUT2D eigenvalue weighted by molar-refractivity contribution is 0.576. The molecule has 0 aliphatic rings. The summed E-state index contributed by atoms with van der Waals surface area (Å²) < 4.78 is 28.5. The van der Waals surface area contributed by atoms with E-state index >= 15 is 0 Å². The minimum absolute atomic E-state index is 0.118. The van der Waals surface area contributed by atoms with E-state index in [4.69, 9.17) is 5.84 Å². The van der Waals surface area contributed by atoms with Gasteiger partial charge in [0.25, 0.3) is 10.0 Å². The average Bonchev–Trinajstić information content (AvgIpc) is 2.84. The molecule has 0 fully saturated rings. The molecule has 0 radical (unpaired) electrons. The Labute approximate surface area is 117 Å². The molecule has 108 valence electrons. The molecule has 0 aliphatic heterocycles. The first kappa shape index (κ1) is 14.4. The van der Waals surface area contributed by atoms with Gasteiger partial charge in [0.1, 0.15) is 0 Å². The molecule has 2 rings (SSSR count). The zero-order valence-electron chi connectivity index (χ0n) is 10.9. The van der Waals surface area contributed by atoms with E-state index in [1.165, 1.54) is 6.20 Å². The Kier molecular flexibility index (Phi) is 4.32. The number of anilines is 1. The summed E-state index contributed by atoms with van der Waals surface area (Å²) in [6, 6.07) is 4.98. The maximum Gasteiger partial charge on any atom is 0.260 e. The molecule has 0 spiro atoms. The van der Waals surface area contributed by atoms with Gasteiger partial charge in [0.05, 0.1) is 5.69 Å². The number of hydrogen-bond acceptors (Lipinski definition) is 6. The summed E-state index contributed by atoms with van der Waals surface area (Å²) in [5, 5.41) is 3.90. The normalized spacial score (nSPS) is 11.5. The molecule has 9 heteroatoms. The molecule has 8 nitrogen and oxygen atoms in total. The molecule has 0 aliphatic carbocycles. The smallest absolute Gasteiger partial charge is 0.260 e. The van der Waals surface area contributed by atoms with Crippen LogP contribution in [0.1, 0.15) is 5.69 Å². The van der Waals surface area contributed by atoms with Gasteiger partial charge >= 0.3 is 0 Å². The van der Waals surface area contributed by atoms with Crippen molar-refractivity contribution >= 4 is 15.7 Å². The molecule has 0 saturated carbocycles. The lowest BCUT2D eigenvalue weighted by atomic mass is 10.3. The largest absolute Gasteiger partial charge is 0.321 e. The van der Waals surface area contributed by atoms with Crippen molar-refractivity contribution in [2.45, 2.75) is 11.4 Å². The second-order valence-electron chi connectivity index (χ2n) is 4.09. The number of pyridine rings is 1. The summed E-state index contributed by atoms with van der Waals surface area (Å²) in [4.78, 5) is 3.84. The predicted octanol–water partition coefficient (Wildman–Crippen LogP) is -0.378. The van der Waals surface area contributed by atoms with Gasteiger partial charge in [-0.3, -0.25) is 10.5 Å². The van der Waals surface area contributed by atoms with Crippen molar-refractivity contribution in [1.82, 2.24) is 19.5 Å². The topological polar surface area (TPSA) is 115 Å². The summed E-state index contributed by atoms with van der Waals surface area (Å²) >= 11 is 0. The highest BCUT2D eigenvalue weighted by Gasteiger charge is 2.19. The van der Waals surface area contributed by atoms with Crippen LogP contribution >= 0.6 is 0 Å². The fraction of sp³-hybridized carbons (Fsp3) is 0.273. The second-order valence-corrected chi connectivity index (χ2v) is 5.78. The number of nitrogens with one attached hydrogen (secondary N) is 2. The van der Waals surface area contributed by atoms with E-state index < -0.39 is 10.0 Å². The highest BCUT2D eigenvalue weighted by atomic mass is 32.2. The number of hydrazine groups is 1. The summed E-state index contributed by atoms with van der Waals surface area (Å²) in [6.45, 7) is 0.252. The molecule has 0 unspecified atom stereocenters. The first-order chi connectivity index (χ1) is 9.54. The highest BCUT2D eigenvalue weighted by molar-refractivity contribution is 7.89. The summed E-state index contributed by atoms with van der Waals surface area (Å²) in [5.41, 5.74) is 3.51. The van der Waals surface area contributed by atoms with Crippen molar-refractivity contribution in [1.29, 1.82) is 0 Å². The Hall–Kier alpha value is -1.97. The van der Waals surface area contributed by atoms with Gasteiger partial charge in [-0.1, -0.05) is 0 Å². The van der Waals surface area contributed by atoms with Crippen LogP contribution in [0, 0.1) is 0 Å². The Morgan fingerprint density at radius 1 is 1.35 bits per heavy atom. The van der Waals surface area contributed by atoms with Crippen molar-refractivity contribution in [3.05, 3.63) is 36.3 Å². The third kappa shape index (κ3) is 3.13. The zero-order chi connectivity index (χ0) is 14.6. The van der Waals surface area contributed by atoms with Gasteiger partial charge in [-0.15, -0.1) is 0 Å². The van der Waals surface area contributed by atoms with Gasteiger partial charge < -0.3 is 5.43 Å². The lowest BCUT2D eigenvalue weighted by Gasteiger charge is -2.09. The van der Waals surface area contributed by atoms with Crippen LogP contribution in [0.25, 0.3) is 0 Å². The first-order valence-electron chi connectivity index (χ1n) is 5.93. The molecular weight excluding hydrogens is 280 g/mol. The van der Waals surface area contributed by atoms with Gasteiger partial charge in [0.15, 0.2) is 5.03 Å². The molecular formula is C11H16N6O2S. The third-order valence-electron chi connectivity index (χ3n) is 2.78. The van der Waals surface area contributed by atoms with Crippen molar-refractivity contribution in [3.63, 3.8) is 0 Å². The number of sulfonamides is 1. The average molecular weight is 296 g/mol. The van der Waals surface area contributed by atoms with Gasteiger partial charge in [-0.2, -0.15) is 5.10 Å². The monoisotopic (exact) mass is 296 g/mol. The Morgan fingerprint density at radius 3 is 2.80 bits per heavy atom. The van der Waals surface area contributed by atoms with Crippen LogP contribution in [0.3, 0.4) is 0 Å². The van der Waals surface area contributed by atoms with E-state index in [0.29, 0.717) is 6.42 Å². The van der Waals surface area contributed by atoms with Crippen LogP contribution in [0.15, 0.2) is 35.6 Å². The van der Waals surface area contributed by atoms with E-state index in [-0.39, 0.29) is 17.3 Å². The van der Waals surface area contributed by atoms with E-state index in [1.807, 2.05) is 6.07 Å². The summed E-state index contributed by atoms with van der Waals surface area (Å²) in [5.74, 6) is 5.28. The highest BCUT2D eigenvalue weighted by Crippen LogP contribution is 2.16. The fourth-order valence-electron chi connectivity index (χ4n) is 1.74. The molecule has 2 aromatic rings. The van der Waals surface area contributed by atoms with Crippen molar-refractivity contribution in [2.24, 2.45) is 12.9 Å². The quantitative estimate of drug-likeness (QED) is 0.494. The van der Waals surface area contributed by atoms with Crippen LogP contribution in [0.2, 0.25) is 0 Å². The molecule has 0 saturated heterocycles. The fourth-order valence-corrected chi connectivity index (χ4v) is 2.87. The van der Waals surface area contributed by atoms with Crippen LogP contribution in [0.5, 0.6) is 0 Å². The minimum atomic E-state index is -3.70. The lowest BCUT2D eigenvalue weighted by Crippen LogP contribution is -2.28. The molecule has 0 aromatic carbocycles. The van der Waals surface area contributed by atoms with E-state index in [0.717, 1.165) is 5.69 Å².